The lowest BCUT2D eigenvalue weighted by Crippen LogP contribution is -2.22. The van der Waals surface area contributed by atoms with E-state index >= 15 is 0 Å². The van der Waals surface area contributed by atoms with E-state index in [0.29, 0.717) is 22.2 Å². The predicted octanol–water partition coefficient (Wildman–Crippen LogP) is 1.99. The van der Waals surface area contributed by atoms with Crippen LogP contribution in [0.15, 0.2) is 48.7 Å². The quantitative estimate of drug-likeness (QED) is 0.745. The number of amides is 1. The number of thiocarbonyl (C=S) groups is 1. The summed E-state index contributed by atoms with van der Waals surface area (Å²) in [5.41, 5.74) is 6.23. The third kappa shape index (κ3) is 3.49. The number of carbonyl (C=O) groups is 1. The number of nitrogens with two attached hydrogens (primary N) is 1. The van der Waals surface area contributed by atoms with Crippen LogP contribution in [-0.4, -0.2) is 16.0 Å². The maximum absolute atomic E-state index is 11.3. The molecule has 0 saturated heterocycles. The van der Waals surface area contributed by atoms with Crippen molar-refractivity contribution in [2.75, 3.05) is 10.6 Å². The molecule has 1 aromatic heterocycles. The SMILES string of the molecule is NC(=O)c1ccccc1NC(=S)Nc1ccccn1. The summed E-state index contributed by atoms with van der Waals surface area (Å²) in [5, 5.41) is 6.17. The lowest BCUT2D eigenvalue weighted by molar-refractivity contribution is 0.100. The van der Waals surface area contributed by atoms with Crippen molar-refractivity contribution in [3.8, 4) is 0 Å². The molecule has 0 aliphatic carbocycles. The molecule has 0 unspecified atom stereocenters. The summed E-state index contributed by atoms with van der Waals surface area (Å²) in [7, 11) is 0. The van der Waals surface area contributed by atoms with Gasteiger partial charge in [0.05, 0.1) is 11.3 Å². The molecule has 0 saturated carbocycles. The zero-order valence-corrected chi connectivity index (χ0v) is 10.8. The molecule has 0 spiro atoms. The molecule has 96 valence electrons. The van der Waals surface area contributed by atoms with Gasteiger partial charge in [0.15, 0.2) is 5.11 Å². The van der Waals surface area contributed by atoms with Gasteiger partial charge in [-0.05, 0) is 36.5 Å². The van der Waals surface area contributed by atoms with E-state index in [1.807, 2.05) is 12.1 Å². The number of pyridine rings is 1. The Hall–Kier alpha value is -2.47. The molecule has 0 radical (unpaired) electrons. The first-order chi connectivity index (χ1) is 9.16. The van der Waals surface area contributed by atoms with E-state index in [9.17, 15) is 4.79 Å². The van der Waals surface area contributed by atoms with Crippen molar-refractivity contribution in [3.63, 3.8) is 0 Å². The number of hydrogen-bond acceptors (Lipinski definition) is 3. The highest BCUT2D eigenvalue weighted by molar-refractivity contribution is 7.80. The molecule has 0 aliphatic rings. The van der Waals surface area contributed by atoms with Crippen molar-refractivity contribution in [1.82, 2.24) is 4.98 Å². The first-order valence-corrected chi connectivity index (χ1v) is 5.95. The van der Waals surface area contributed by atoms with Crippen molar-refractivity contribution in [3.05, 3.63) is 54.2 Å². The smallest absolute Gasteiger partial charge is 0.250 e. The molecular formula is C13H12N4OS. The number of rotatable bonds is 3. The second-order valence-electron chi connectivity index (χ2n) is 3.70. The average Bonchev–Trinajstić information content (AvgIpc) is 2.40. The number of aromatic nitrogens is 1. The van der Waals surface area contributed by atoms with Gasteiger partial charge in [-0.1, -0.05) is 18.2 Å². The van der Waals surface area contributed by atoms with Gasteiger partial charge in [-0.15, -0.1) is 0 Å². The number of para-hydroxylation sites is 1. The molecule has 1 amide bonds. The standard InChI is InChI=1S/C13H12N4OS/c14-12(18)9-5-1-2-6-10(9)16-13(19)17-11-7-3-4-8-15-11/h1-8H,(H2,14,18)(H2,15,16,17,19). The van der Waals surface area contributed by atoms with Gasteiger partial charge in [-0.3, -0.25) is 4.79 Å². The van der Waals surface area contributed by atoms with E-state index in [1.54, 1.807) is 36.5 Å². The van der Waals surface area contributed by atoms with E-state index in [-0.39, 0.29) is 0 Å². The topological polar surface area (TPSA) is 80.0 Å². The van der Waals surface area contributed by atoms with Gasteiger partial charge in [0.25, 0.3) is 5.91 Å². The molecule has 1 aromatic carbocycles. The molecule has 0 aliphatic heterocycles. The monoisotopic (exact) mass is 272 g/mol. The minimum atomic E-state index is -0.510. The molecular weight excluding hydrogens is 260 g/mol. The fourth-order valence-electron chi connectivity index (χ4n) is 1.51. The van der Waals surface area contributed by atoms with Gasteiger partial charge in [0.1, 0.15) is 5.82 Å². The van der Waals surface area contributed by atoms with Crippen LogP contribution in [0.3, 0.4) is 0 Å². The van der Waals surface area contributed by atoms with E-state index in [0.717, 1.165) is 0 Å². The van der Waals surface area contributed by atoms with Crippen LogP contribution in [0.5, 0.6) is 0 Å². The summed E-state index contributed by atoms with van der Waals surface area (Å²) < 4.78 is 0. The van der Waals surface area contributed by atoms with E-state index in [2.05, 4.69) is 15.6 Å². The summed E-state index contributed by atoms with van der Waals surface area (Å²) in [6, 6.07) is 12.3. The Labute approximate surface area is 115 Å². The zero-order valence-electron chi connectivity index (χ0n) is 9.96. The number of carbonyl (C=O) groups excluding carboxylic acids is 1. The van der Waals surface area contributed by atoms with Crippen LogP contribution in [0.1, 0.15) is 10.4 Å². The molecule has 0 fully saturated rings. The Morgan fingerprint density at radius 2 is 1.84 bits per heavy atom. The molecule has 2 aromatic rings. The van der Waals surface area contributed by atoms with Crippen molar-refractivity contribution in [2.45, 2.75) is 0 Å². The molecule has 5 nitrogen and oxygen atoms in total. The fraction of sp³-hybridized carbons (Fsp3) is 0. The summed E-state index contributed by atoms with van der Waals surface area (Å²) in [6.45, 7) is 0. The van der Waals surface area contributed by atoms with Crippen molar-refractivity contribution in [2.24, 2.45) is 5.73 Å². The molecule has 1 heterocycles. The van der Waals surface area contributed by atoms with Crippen LogP contribution in [0.2, 0.25) is 0 Å². The minimum Gasteiger partial charge on any atom is -0.366 e. The lowest BCUT2D eigenvalue weighted by atomic mass is 10.1. The van der Waals surface area contributed by atoms with Crippen LogP contribution in [0.4, 0.5) is 11.5 Å². The van der Waals surface area contributed by atoms with E-state index in [4.69, 9.17) is 18.0 Å². The van der Waals surface area contributed by atoms with Crippen LogP contribution >= 0.6 is 12.2 Å². The number of primary amides is 1. The number of anilines is 2. The van der Waals surface area contributed by atoms with Crippen LogP contribution in [0.25, 0.3) is 0 Å². The summed E-state index contributed by atoms with van der Waals surface area (Å²) in [4.78, 5) is 15.4. The number of nitrogens with zero attached hydrogens (tertiary/aromatic N) is 1. The number of nitrogens with one attached hydrogen (secondary N) is 2. The second kappa shape index (κ2) is 5.92. The lowest BCUT2D eigenvalue weighted by Gasteiger charge is -2.11. The molecule has 0 atom stereocenters. The maximum Gasteiger partial charge on any atom is 0.250 e. The van der Waals surface area contributed by atoms with Crippen LogP contribution < -0.4 is 16.4 Å². The van der Waals surface area contributed by atoms with Gasteiger partial charge in [0.2, 0.25) is 0 Å². The van der Waals surface area contributed by atoms with Crippen molar-refractivity contribution in [1.29, 1.82) is 0 Å². The summed E-state index contributed by atoms with van der Waals surface area (Å²) >= 11 is 5.15. The third-order valence-electron chi connectivity index (χ3n) is 2.35. The average molecular weight is 272 g/mol. The Bertz CT molecular complexity index is 601. The largest absolute Gasteiger partial charge is 0.366 e. The number of benzene rings is 1. The highest BCUT2D eigenvalue weighted by Crippen LogP contribution is 2.14. The molecule has 0 bridgehead atoms. The van der Waals surface area contributed by atoms with Gasteiger partial charge in [0, 0.05) is 6.20 Å². The first-order valence-electron chi connectivity index (χ1n) is 5.54. The minimum absolute atomic E-state index is 0.340. The first kappa shape index (κ1) is 13.0. The Morgan fingerprint density at radius 3 is 2.53 bits per heavy atom. The molecule has 6 heteroatoms. The van der Waals surface area contributed by atoms with Crippen LogP contribution in [-0.2, 0) is 0 Å². The van der Waals surface area contributed by atoms with Crippen molar-refractivity contribution >= 4 is 34.7 Å². The zero-order chi connectivity index (χ0) is 13.7. The normalized spacial score (nSPS) is 9.68. The van der Waals surface area contributed by atoms with E-state index in [1.165, 1.54) is 0 Å². The summed E-state index contributed by atoms with van der Waals surface area (Å²) in [6.07, 6.45) is 1.66. The maximum atomic E-state index is 11.3. The molecule has 19 heavy (non-hydrogen) atoms. The van der Waals surface area contributed by atoms with E-state index < -0.39 is 5.91 Å². The summed E-state index contributed by atoms with van der Waals surface area (Å²) in [5.74, 6) is 0.111. The molecule has 2 rings (SSSR count). The highest BCUT2D eigenvalue weighted by atomic mass is 32.1. The fourth-order valence-corrected chi connectivity index (χ4v) is 1.73. The van der Waals surface area contributed by atoms with Crippen molar-refractivity contribution < 1.29 is 4.79 Å². The predicted molar refractivity (Wildman–Crippen MR) is 79.0 cm³/mol. The van der Waals surface area contributed by atoms with Gasteiger partial charge < -0.3 is 16.4 Å². The molecule has 4 N–H and O–H groups in total. The Kier molecular flexibility index (Phi) is 4.04. The number of hydrogen-bond donors (Lipinski definition) is 3. The van der Waals surface area contributed by atoms with Gasteiger partial charge in [-0.2, -0.15) is 0 Å². The Balaban J connectivity index is 2.09. The Morgan fingerprint density at radius 1 is 1.11 bits per heavy atom. The second-order valence-corrected chi connectivity index (χ2v) is 4.11. The highest BCUT2D eigenvalue weighted by Gasteiger charge is 2.08. The van der Waals surface area contributed by atoms with Gasteiger partial charge in [-0.25, -0.2) is 4.98 Å². The third-order valence-corrected chi connectivity index (χ3v) is 2.55. The van der Waals surface area contributed by atoms with Gasteiger partial charge >= 0.3 is 0 Å². The van der Waals surface area contributed by atoms with Crippen LogP contribution in [0, 0.1) is 0 Å².